The first kappa shape index (κ1) is 10.6. The van der Waals surface area contributed by atoms with Crippen LogP contribution in [0.15, 0.2) is 23.0 Å². The molecular formula is C13H17N3O. The molecule has 1 aromatic carbocycles. The summed E-state index contributed by atoms with van der Waals surface area (Å²) in [7, 11) is 3.61. The molecule has 0 bridgehead atoms. The number of hydrogen-bond donors (Lipinski definition) is 1. The van der Waals surface area contributed by atoms with E-state index in [4.69, 9.17) is 5.73 Å². The van der Waals surface area contributed by atoms with E-state index in [2.05, 4.69) is 12.1 Å². The maximum atomic E-state index is 11.8. The van der Waals surface area contributed by atoms with Crippen molar-refractivity contribution in [1.82, 2.24) is 9.13 Å². The molecule has 1 saturated carbocycles. The number of nitrogens with two attached hydrogens (primary N) is 1. The monoisotopic (exact) mass is 231 g/mol. The van der Waals surface area contributed by atoms with Gasteiger partial charge in [-0.15, -0.1) is 0 Å². The van der Waals surface area contributed by atoms with Gasteiger partial charge < -0.3 is 5.73 Å². The summed E-state index contributed by atoms with van der Waals surface area (Å²) in [5.41, 5.74) is 9.34. The zero-order valence-corrected chi connectivity index (χ0v) is 10.2. The van der Waals surface area contributed by atoms with Gasteiger partial charge in [0.25, 0.3) is 0 Å². The highest BCUT2D eigenvalue weighted by atomic mass is 16.1. The van der Waals surface area contributed by atoms with E-state index in [0.29, 0.717) is 0 Å². The first-order valence-electron chi connectivity index (χ1n) is 5.93. The molecule has 0 unspecified atom stereocenters. The van der Waals surface area contributed by atoms with Crippen molar-refractivity contribution in [3.05, 3.63) is 34.2 Å². The van der Waals surface area contributed by atoms with Crippen LogP contribution in [0.3, 0.4) is 0 Å². The fourth-order valence-electron chi connectivity index (χ4n) is 2.41. The average Bonchev–Trinajstić information content (AvgIpc) is 2.99. The zero-order chi connectivity index (χ0) is 12.2. The third kappa shape index (κ3) is 1.60. The van der Waals surface area contributed by atoms with Gasteiger partial charge in [-0.05, 0) is 37.0 Å². The predicted molar refractivity (Wildman–Crippen MR) is 68.0 cm³/mol. The number of hydrogen-bond acceptors (Lipinski definition) is 2. The molecule has 2 aromatic rings. The van der Waals surface area contributed by atoms with Crippen LogP contribution in [0.1, 0.15) is 18.4 Å². The molecule has 0 spiro atoms. The minimum absolute atomic E-state index is 0.0152. The minimum atomic E-state index is 0.0152. The van der Waals surface area contributed by atoms with E-state index in [1.807, 2.05) is 13.1 Å². The molecule has 1 heterocycles. The van der Waals surface area contributed by atoms with Gasteiger partial charge in [-0.3, -0.25) is 9.13 Å². The number of aryl methyl sites for hydroxylation is 2. The number of fused-ring (bicyclic) bond motifs is 1. The number of rotatable bonds is 2. The summed E-state index contributed by atoms with van der Waals surface area (Å²) in [6.07, 6.45) is 3.13. The summed E-state index contributed by atoms with van der Waals surface area (Å²) in [5, 5.41) is 0. The van der Waals surface area contributed by atoms with E-state index >= 15 is 0 Å². The Bertz CT molecular complexity index is 646. The molecule has 3 rings (SSSR count). The first-order chi connectivity index (χ1) is 8.00. The molecule has 1 aromatic heterocycles. The molecular weight excluding hydrogens is 214 g/mol. The normalized spacial score (nSPS) is 17.6. The Morgan fingerprint density at radius 1 is 1.24 bits per heavy atom. The summed E-state index contributed by atoms with van der Waals surface area (Å²) in [6, 6.07) is 6.18. The van der Waals surface area contributed by atoms with Crippen LogP contribution in [0, 0.1) is 0 Å². The van der Waals surface area contributed by atoms with Gasteiger partial charge in [-0.2, -0.15) is 0 Å². The molecule has 1 aliphatic carbocycles. The molecule has 1 fully saturated rings. The van der Waals surface area contributed by atoms with Crippen molar-refractivity contribution in [3.8, 4) is 0 Å². The van der Waals surface area contributed by atoms with Gasteiger partial charge in [0.2, 0.25) is 0 Å². The van der Waals surface area contributed by atoms with E-state index in [1.165, 1.54) is 5.56 Å². The third-order valence-corrected chi connectivity index (χ3v) is 3.78. The Labute approximate surface area is 99.6 Å². The van der Waals surface area contributed by atoms with Crippen LogP contribution in [0.2, 0.25) is 0 Å². The van der Waals surface area contributed by atoms with Gasteiger partial charge >= 0.3 is 5.69 Å². The summed E-state index contributed by atoms with van der Waals surface area (Å²) in [5.74, 6) is 0. The van der Waals surface area contributed by atoms with Gasteiger partial charge in [0.05, 0.1) is 11.0 Å². The molecule has 0 atom stereocenters. The molecule has 0 saturated heterocycles. The number of benzene rings is 1. The number of imidazole rings is 1. The fourth-order valence-corrected chi connectivity index (χ4v) is 2.41. The lowest BCUT2D eigenvalue weighted by molar-refractivity contribution is 0.672. The molecule has 4 heteroatoms. The van der Waals surface area contributed by atoms with Crippen LogP contribution < -0.4 is 11.4 Å². The molecule has 0 amide bonds. The summed E-state index contributed by atoms with van der Waals surface area (Å²) >= 11 is 0. The lowest BCUT2D eigenvalue weighted by atomic mass is 10.0. The highest BCUT2D eigenvalue weighted by Crippen LogP contribution is 2.35. The van der Waals surface area contributed by atoms with Crippen molar-refractivity contribution in [2.75, 3.05) is 0 Å². The van der Waals surface area contributed by atoms with E-state index in [-0.39, 0.29) is 11.2 Å². The van der Waals surface area contributed by atoms with Crippen LogP contribution in [-0.4, -0.2) is 14.7 Å². The lowest BCUT2D eigenvalue weighted by Gasteiger charge is -2.08. The van der Waals surface area contributed by atoms with Crippen molar-refractivity contribution in [3.63, 3.8) is 0 Å². The number of aromatic nitrogens is 2. The van der Waals surface area contributed by atoms with E-state index < -0.39 is 0 Å². The lowest BCUT2D eigenvalue weighted by Crippen LogP contribution is -2.24. The molecule has 4 nitrogen and oxygen atoms in total. The fraction of sp³-hybridized carbons (Fsp3) is 0.462. The van der Waals surface area contributed by atoms with E-state index in [9.17, 15) is 4.79 Å². The smallest absolute Gasteiger partial charge is 0.325 e. The predicted octanol–water partition coefficient (Wildman–Crippen LogP) is 0.911. The Kier molecular flexibility index (Phi) is 2.01. The molecule has 2 N–H and O–H groups in total. The Morgan fingerprint density at radius 2 is 1.88 bits per heavy atom. The molecule has 17 heavy (non-hydrogen) atoms. The highest BCUT2D eigenvalue weighted by Gasteiger charge is 2.37. The van der Waals surface area contributed by atoms with Crippen molar-refractivity contribution in [1.29, 1.82) is 0 Å². The maximum Gasteiger partial charge on any atom is 0.328 e. The van der Waals surface area contributed by atoms with Crippen LogP contribution in [0.25, 0.3) is 11.0 Å². The Hall–Kier alpha value is -1.55. The zero-order valence-electron chi connectivity index (χ0n) is 10.2. The molecule has 90 valence electrons. The minimum Gasteiger partial charge on any atom is -0.325 e. The summed E-state index contributed by atoms with van der Waals surface area (Å²) in [4.78, 5) is 11.8. The summed E-state index contributed by atoms with van der Waals surface area (Å²) in [6.45, 7) is 0. The second-order valence-electron chi connectivity index (χ2n) is 5.26. The Balaban J connectivity index is 2.12. The van der Waals surface area contributed by atoms with Crippen LogP contribution >= 0.6 is 0 Å². The first-order valence-corrected chi connectivity index (χ1v) is 5.93. The second-order valence-corrected chi connectivity index (χ2v) is 5.26. The van der Waals surface area contributed by atoms with Crippen molar-refractivity contribution < 1.29 is 0 Å². The van der Waals surface area contributed by atoms with Gasteiger partial charge in [0, 0.05) is 19.6 Å². The molecule has 0 aliphatic heterocycles. The van der Waals surface area contributed by atoms with Gasteiger partial charge in [-0.1, -0.05) is 6.07 Å². The molecule has 1 aliphatic rings. The maximum absolute atomic E-state index is 11.8. The number of nitrogens with zero attached hydrogens (tertiary/aromatic N) is 2. The second kappa shape index (κ2) is 3.23. The summed E-state index contributed by atoms with van der Waals surface area (Å²) < 4.78 is 3.36. The largest absolute Gasteiger partial charge is 0.328 e. The highest BCUT2D eigenvalue weighted by molar-refractivity contribution is 5.76. The van der Waals surface area contributed by atoms with Crippen molar-refractivity contribution >= 4 is 11.0 Å². The van der Waals surface area contributed by atoms with Gasteiger partial charge in [0.15, 0.2) is 0 Å². The standard InChI is InChI=1S/C13H17N3O/c1-15-10-4-3-9(8-13(14)5-6-13)7-11(10)16(2)12(15)17/h3-4,7H,5-6,8,14H2,1-2H3. The van der Waals surface area contributed by atoms with Gasteiger partial charge in [-0.25, -0.2) is 4.79 Å². The van der Waals surface area contributed by atoms with Crippen LogP contribution in [-0.2, 0) is 20.5 Å². The third-order valence-electron chi connectivity index (χ3n) is 3.78. The van der Waals surface area contributed by atoms with Crippen molar-refractivity contribution in [2.45, 2.75) is 24.8 Å². The quantitative estimate of drug-likeness (QED) is 0.835. The van der Waals surface area contributed by atoms with Crippen LogP contribution in [0.4, 0.5) is 0 Å². The van der Waals surface area contributed by atoms with Crippen LogP contribution in [0.5, 0.6) is 0 Å². The molecule has 0 radical (unpaired) electrons. The van der Waals surface area contributed by atoms with E-state index in [1.54, 1.807) is 16.2 Å². The SMILES string of the molecule is Cn1c(=O)n(C)c2cc(CC3(N)CC3)ccc21. The topological polar surface area (TPSA) is 53.0 Å². The van der Waals surface area contributed by atoms with Crippen molar-refractivity contribution in [2.24, 2.45) is 19.8 Å². The average molecular weight is 231 g/mol. The Morgan fingerprint density at radius 3 is 2.53 bits per heavy atom. The van der Waals surface area contributed by atoms with Gasteiger partial charge in [0.1, 0.15) is 0 Å². The van der Waals surface area contributed by atoms with E-state index in [0.717, 1.165) is 30.3 Å².